The lowest BCUT2D eigenvalue weighted by molar-refractivity contribution is -0.126. The van der Waals surface area contributed by atoms with Gasteiger partial charge in [0.1, 0.15) is 6.04 Å². The molecule has 1 aliphatic heterocycles. The van der Waals surface area contributed by atoms with Crippen LogP contribution in [0.25, 0.3) is 0 Å². The van der Waals surface area contributed by atoms with E-state index in [0.29, 0.717) is 45.2 Å². The molecule has 1 aliphatic rings. The molecule has 0 saturated carbocycles. The minimum absolute atomic E-state index is 0.148. The number of Topliss-reactive ketones (excluding diaryl/α,β-unsaturated/α-hetero) is 1. The highest BCUT2D eigenvalue weighted by Crippen LogP contribution is 2.36. The number of nitrogens with zero attached hydrogens (tertiary/aromatic N) is 2. The zero-order chi connectivity index (χ0) is 39.7. The summed E-state index contributed by atoms with van der Waals surface area (Å²) in [6.45, 7) is 10.6. The highest BCUT2D eigenvalue weighted by atomic mass is 32.1. The van der Waals surface area contributed by atoms with E-state index in [1.165, 1.54) is 27.2 Å². The Morgan fingerprint density at radius 1 is 0.963 bits per heavy atom. The first-order valence-electron chi connectivity index (χ1n) is 17.3. The Kier molecular flexibility index (Phi) is 13.3. The van der Waals surface area contributed by atoms with Crippen LogP contribution in [-0.2, 0) is 20.7 Å². The first-order valence-corrected chi connectivity index (χ1v) is 18.2. The van der Waals surface area contributed by atoms with Crippen molar-refractivity contribution in [3.05, 3.63) is 105 Å². The van der Waals surface area contributed by atoms with Crippen molar-refractivity contribution >= 4 is 69.7 Å². The van der Waals surface area contributed by atoms with Crippen LogP contribution in [0.5, 0.6) is 0 Å². The molecule has 1 atom stereocenters. The molecule has 284 valence electrons. The molecular weight excluding hydrogens is 711 g/mol. The maximum atomic E-state index is 14.1. The van der Waals surface area contributed by atoms with Crippen LogP contribution in [0.1, 0.15) is 76.1 Å². The molecule has 2 heterocycles. The van der Waals surface area contributed by atoms with Gasteiger partial charge in [-0.05, 0) is 85.3 Å². The van der Waals surface area contributed by atoms with Crippen molar-refractivity contribution in [1.82, 2.24) is 5.32 Å². The number of nitrogen functional groups attached to an aromatic ring is 1. The number of aryl methyl sites for hydroxylation is 1. The summed E-state index contributed by atoms with van der Waals surface area (Å²) in [6, 6.07) is 18.1. The zero-order valence-electron chi connectivity index (χ0n) is 31.1. The van der Waals surface area contributed by atoms with Crippen molar-refractivity contribution in [2.24, 2.45) is 5.41 Å². The number of nitrogens with two attached hydrogens (primary N) is 1. The van der Waals surface area contributed by atoms with E-state index in [1.807, 2.05) is 19.9 Å². The van der Waals surface area contributed by atoms with Gasteiger partial charge in [0.15, 0.2) is 5.78 Å². The number of rotatable bonds is 9. The Morgan fingerprint density at radius 3 is 2.30 bits per heavy atom. The fraction of sp³-hybridized carbons (Fsp3) is 0.300. The molecule has 0 spiro atoms. The molecule has 0 saturated heterocycles. The molecule has 14 heteroatoms. The molecule has 54 heavy (non-hydrogen) atoms. The second-order valence-corrected chi connectivity index (χ2v) is 14.4. The van der Waals surface area contributed by atoms with E-state index in [4.69, 9.17) is 15.6 Å². The number of hydrogen-bond acceptors (Lipinski definition) is 9. The van der Waals surface area contributed by atoms with Gasteiger partial charge >= 0.3 is 18.0 Å². The molecule has 5 N–H and O–H groups in total. The number of nitrogens with one attached hydrogen (secondary N) is 2. The van der Waals surface area contributed by atoms with Gasteiger partial charge in [0.2, 0.25) is 5.91 Å². The number of ketones is 1. The summed E-state index contributed by atoms with van der Waals surface area (Å²) in [5, 5.41) is 15.9. The Bertz CT molecular complexity index is 2040. The zero-order valence-corrected chi connectivity index (χ0v) is 31.9. The molecule has 4 aromatic rings. The number of carbonyl (C=O) groups excluding carboxylic acids is 5. The number of fused-ring (bicyclic) bond motifs is 1. The highest BCUT2D eigenvalue weighted by molar-refractivity contribution is 7.12. The Balaban J connectivity index is 0.000000460. The largest absolute Gasteiger partial charge is 0.478 e. The average Bonchev–Trinajstić information content (AvgIpc) is 3.64. The Labute approximate surface area is 318 Å². The predicted octanol–water partition coefficient (Wildman–Crippen LogP) is 6.56. The van der Waals surface area contributed by atoms with Gasteiger partial charge in [-0.3, -0.25) is 14.4 Å². The SMILES string of the molecule is CCOC(=O)c1cccc(NC(=O)NC2CN(C(=O)C(C)(C)C)c3ccc(C)cc3N(CC(=O)c3cccs3)C2=O)c1.CCc1c(N)cccc1C(=O)O. The fourth-order valence-corrected chi connectivity index (χ4v) is 6.39. The summed E-state index contributed by atoms with van der Waals surface area (Å²) in [5.74, 6) is -2.50. The number of benzene rings is 3. The summed E-state index contributed by atoms with van der Waals surface area (Å²) in [7, 11) is 0. The van der Waals surface area contributed by atoms with Gasteiger partial charge in [-0.15, -0.1) is 11.3 Å². The maximum absolute atomic E-state index is 14.1. The molecule has 0 fully saturated rings. The molecule has 5 rings (SSSR count). The number of thiophene rings is 1. The quantitative estimate of drug-likeness (QED) is 0.0833. The number of esters is 1. The van der Waals surface area contributed by atoms with Crippen molar-refractivity contribution in [3.8, 4) is 0 Å². The fourth-order valence-electron chi connectivity index (χ4n) is 5.73. The van der Waals surface area contributed by atoms with Crippen molar-refractivity contribution < 1.29 is 38.6 Å². The van der Waals surface area contributed by atoms with Gasteiger partial charge < -0.3 is 36.0 Å². The van der Waals surface area contributed by atoms with E-state index in [9.17, 15) is 28.8 Å². The minimum atomic E-state index is -1.19. The van der Waals surface area contributed by atoms with Crippen LogP contribution in [0.15, 0.2) is 78.2 Å². The smallest absolute Gasteiger partial charge is 0.338 e. The van der Waals surface area contributed by atoms with Crippen molar-refractivity contribution in [2.75, 3.05) is 40.5 Å². The van der Waals surface area contributed by atoms with E-state index in [1.54, 1.807) is 93.7 Å². The number of carboxylic acids is 1. The summed E-state index contributed by atoms with van der Waals surface area (Å²) in [5.41, 5.74) is 8.66. The van der Waals surface area contributed by atoms with Crippen LogP contribution in [0, 0.1) is 12.3 Å². The van der Waals surface area contributed by atoms with Crippen LogP contribution in [-0.4, -0.2) is 66.4 Å². The molecule has 4 amide bonds. The van der Waals surface area contributed by atoms with Crippen LogP contribution in [0.4, 0.5) is 27.5 Å². The standard InChI is InChI=1S/C31H34N4O6S.C9H11NO2/c1-6-41-28(38)20-9-7-10-21(16-20)32-30(40)33-22-17-35(29(39)31(3,4)5)23-13-12-19(2)15-24(23)34(27(22)37)18-25(36)26-11-8-14-42-26;1-2-6-7(9(11)12)4-3-5-8(6)10/h7-16,22H,6,17-18H2,1-5H3,(H2,32,33,40);3-5H,2,10H2,1H3,(H,11,12). The van der Waals surface area contributed by atoms with Crippen LogP contribution in [0.2, 0.25) is 0 Å². The minimum Gasteiger partial charge on any atom is -0.478 e. The first-order chi connectivity index (χ1) is 25.5. The summed E-state index contributed by atoms with van der Waals surface area (Å²) in [4.78, 5) is 80.3. The van der Waals surface area contributed by atoms with Gasteiger partial charge in [0, 0.05) is 16.8 Å². The number of aromatic carboxylic acids is 1. The number of carbonyl (C=O) groups is 6. The lowest BCUT2D eigenvalue weighted by Crippen LogP contribution is -2.55. The Morgan fingerprint density at radius 2 is 1.69 bits per heavy atom. The predicted molar refractivity (Wildman–Crippen MR) is 210 cm³/mol. The molecule has 13 nitrogen and oxygen atoms in total. The van der Waals surface area contributed by atoms with E-state index in [0.717, 1.165) is 5.56 Å². The number of ether oxygens (including phenoxy) is 1. The van der Waals surface area contributed by atoms with Gasteiger partial charge in [-0.2, -0.15) is 0 Å². The number of anilines is 4. The van der Waals surface area contributed by atoms with Crippen molar-refractivity contribution in [3.63, 3.8) is 0 Å². The van der Waals surface area contributed by atoms with Crippen LogP contribution < -0.4 is 26.2 Å². The highest BCUT2D eigenvalue weighted by Gasteiger charge is 2.40. The summed E-state index contributed by atoms with van der Waals surface area (Å²) >= 11 is 1.27. The third kappa shape index (κ3) is 9.89. The number of hydrogen-bond donors (Lipinski definition) is 4. The molecule has 3 aromatic carbocycles. The van der Waals surface area contributed by atoms with Gasteiger partial charge in [0.25, 0.3) is 5.91 Å². The number of urea groups is 1. The number of carboxylic acid groups (broad SMARTS) is 1. The number of amides is 4. The Hall–Kier alpha value is -6.02. The van der Waals surface area contributed by atoms with E-state index in [-0.39, 0.29) is 37.0 Å². The van der Waals surface area contributed by atoms with Crippen LogP contribution in [0.3, 0.4) is 0 Å². The lowest BCUT2D eigenvalue weighted by atomic mass is 9.94. The first kappa shape index (κ1) is 40.7. The molecule has 0 radical (unpaired) electrons. The van der Waals surface area contributed by atoms with E-state index >= 15 is 0 Å². The van der Waals surface area contributed by atoms with Crippen molar-refractivity contribution in [2.45, 2.75) is 54.0 Å². The third-order valence-corrected chi connectivity index (χ3v) is 9.27. The van der Waals surface area contributed by atoms with Gasteiger partial charge in [-0.25, -0.2) is 14.4 Å². The second-order valence-electron chi connectivity index (χ2n) is 13.5. The summed E-state index contributed by atoms with van der Waals surface area (Å²) in [6.07, 6.45) is 0.647. The molecule has 0 aliphatic carbocycles. The van der Waals surface area contributed by atoms with Crippen LogP contribution >= 0.6 is 11.3 Å². The average molecular weight is 756 g/mol. The molecule has 0 bridgehead atoms. The second kappa shape index (κ2) is 17.7. The topological polar surface area (TPSA) is 188 Å². The maximum Gasteiger partial charge on any atom is 0.338 e. The monoisotopic (exact) mass is 755 g/mol. The van der Waals surface area contributed by atoms with Crippen molar-refractivity contribution in [1.29, 1.82) is 0 Å². The normalized spacial score (nSPS) is 13.8. The van der Waals surface area contributed by atoms with Gasteiger partial charge in [0.05, 0.1) is 47.1 Å². The summed E-state index contributed by atoms with van der Waals surface area (Å²) < 4.78 is 5.03. The van der Waals surface area contributed by atoms with E-state index in [2.05, 4.69) is 10.6 Å². The third-order valence-electron chi connectivity index (χ3n) is 8.36. The van der Waals surface area contributed by atoms with Gasteiger partial charge in [-0.1, -0.05) is 52.0 Å². The molecule has 1 aromatic heterocycles. The van der Waals surface area contributed by atoms with E-state index < -0.39 is 35.3 Å². The molecule has 1 unspecified atom stereocenters. The molecular formula is C40H45N5O8S. The lowest BCUT2D eigenvalue weighted by Gasteiger charge is -2.31.